The van der Waals surface area contributed by atoms with Crippen LogP contribution in [0, 0.1) is 0 Å². The summed E-state index contributed by atoms with van der Waals surface area (Å²) in [5, 5.41) is 4.23. The largest absolute Gasteiger partial charge is 0.340 e. The smallest absolute Gasteiger partial charge is 0.261 e. The lowest BCUT2D eigenvalue weighted by atomic mass is 10.1. The van der Waals surface area contributed by atoms with E-state index >= 15 is 0 Å². The van der Waals surface area contributed by atoms with Crippen LogP contribution in [-0.2, 0) is 11.3 Å². The van der Waals surface area contributed by atoms with Gasteiger partial charge in [0, 0.05) is 45.7 Å². The van der Waals surface area contributed by atoms with Crippen molar-refractivity contribution in [1.82, 2.24) is 14.7 Å². The lowest BCUT2D eigenvalue weighted by Crippen LogP contribution is -2.48. The zero-order valence-electron chi connectivity index (χ0n) is 15.0. The highest BCUT2D eigenvalue weighted by atomic mass is 32.1. The van der Waals surface area contributed by atoms with Crippen LogP contribution in [0.5, 0.6) is 0 Å². The molecule has 2 aromatic rings. The highest BCUT2D eigenvalue weighted by Gasteiger charge is 2.35. The number of rotatable bonds is 5. The second-order valence-corrected chi connectivity index (χ2v) is 7.63. The van der Waals surface area contributed by atoms with Crippen LogP contribution in [0.3, 0.4) is 0 Å². The van der Waals surface area contributed by atoms with Gasteiger partial charge >= 0.3 is 0 Å². The third kappa shape index (κ3) is 3.65. The number of nitrogens with zero attached hydrogens (tertiary/aromatic N) is 3. The molecule has 0 aliphatic carbocycles. The summed E-state index contributed by atoms with van der Waals surface area (Å²) in [5.41, 5.74) is 2.17. The number of hydrogen-bond acceptors (Lipinski definition) is 5. The van der Waals surface area contributed by atoms with E-state index in [1.165, 1.54) is 10.5 Å². The molecule has 1 aromatic heterocycles. The van der Waals surface area contributed by atoms with Gasteiger partial charge < -0.3 is 4.90 Å². The molecule has 27 heavy (non-hydrogen) atoms. The fourth-order valence-electron chi connectivity index (χ4n) is 3.60. The van der Waals surface area contributed by atoms with E-state index in [0.717, 1.165) is 19.6 Å². The predicted octanol–water partition coefficient (Wildman–Crippen LogP) is 2.08. The lowest BCUT2D eigenvalue weighted by Gasteiger charge is -2.34. The molecule has 1 saturated heterocycles. The van der Waals surface area contributed by atoms with Gasteiger partial charge in [0.15, 0.2) is 0 Å². The molecule has 7 heteroatoms. The Morgan fingerprint density at radius 2 is 1.63 bits per heavy atom. The van der Waals surface area contributed by atoms with Gasteiger partial charge in [0.25, 0.3) is 11.8 Å². The van der Waals surface area contributed by atoms with Crippen molar-refractivity contribution in [2.45, 2.75) is 13.0 Å². The average Bonchev–Trinajstić information content (AvgIpc) is 3.28. The molecule has 0 radical (unpaired) electrons. The fraction of sp³-hybridized carbons (Fsp3) is 0.350. The zero-order chi connectivity index (χ0) is 18.8. The first-order valence-corrected chi connectivity index (χ1v) is 10.0. The molecule has 0 atom stereocenters. The number of carbonyl (C=O) groups is 3. The quantitative estimate of drug-likeness (QED) is 0.742. The monoisotopic (exact) mass is 383 g/mol. The van der Waals surface area contributed by atoms with Crippen LogP contribution in [0.2, 0.25) is 0 Å². The van der Waals surface area contributed by atoms with Crippen LogP contribution in [-0.4, -0.2) is 65.1 Å². The maximum Gasteiger partial charge on any atom is 0.261 e. The van der Waals surface area contributed by atoms with E-state index in [-0.39, 0.29) is 30.7 Å². The summed E-state index contributed by atoms with van der Waals surface area (Å²) in [5.74, 6) is -0.602. The van der Waals surface area contributed by atoms with E-state index in [1.807, 2.05) is 4.90 Å². The third-order valence-corrected chi connectivity index (χ3v) is 5.87. The number of fused-ring (bicyclic) bond motifs is 1. The molecule has 0 bridgehead atoms. The number of carbonyl (C=O) groups excluding carboxylic acids is 3. The van der Waals surface area contributed by atoms with E-state index in [2.05, 4.69) is 21.7 Å². The van der Waals surface area contributed by atoms with Crippen molar-refractivity contribution in [1.29, 1.82) is 0 Å². The summed E-state index contributed by atoms with van der Waals surface area (Å²) in [6.45, 7) is 4.11. The molecule has 3 heterocycles. The van der Waals surface area contributed by atoms with Gasteiger partial charge in [-0.15, -0.1) is 0 Å². The summed E-state index contributed by atoms with van der Waals surface area (Å²) in [6.07, 6.45) is 0.177. The third-order valence-electron chi connectivity index (χ3n) is 5.14. The minimum atomic E-state index is -0.302. The number of benzene rings is 1. The number of hydrogen-bond donors (Lipinski definition) is 0. The summed E-state index contributed by atoms with van der Waals surface area (Å²) in [4.78, 5) is 42.6. The molecular formula is C20H21N3O3S. The zero-order valence-corrected chi connectivity index (χ0v) is 15.8. The van der Waals surface area contributed by atoms with Crippen LogP contribution < -0.4 is 0 Å². The van der Waals surface area contributed by atoms with Gasteiger partial charge in [0.05, 0.1) is 11.1 Å². The molecule has 0 N–H and O–H groups in total. The van der Waals surface area contributed by atoms with Gasteiger partial charge in [-0.05, 0) is 34.5 Å². The Bertz CT molecular complexity index is 822. The van der Waals surface area contributed by atoms with Gasteiger partial charge in [-0.25, -0.2) is 0 Å². The average molecular weight is 383 g/mol. The molecule has 2 aliphatic heterocycles. The SMILES string of the molecule is O=C(CCN1C(=O)c2ccccc2C1=O)N1CCN(Cc2ccsc2)CC1. The molecule has 1 fully saturated rings. The van der Waals surface area contributed by atoms with Crippen LogP contribution in [0.1, 0.15) is 32.7 Å². The van der Waals surface area contributed by atoms with Crippen molar-refractivity contribution in [2.75, 3.05) is 32.7 Å². The van der Waals surface area contributed by atoms with Gasteiger partial charge in [0.1, 0.15) is 0 Å². The van der Waals surface area contributed by atoms with Crippen molar-refractivity contribution < 1.29 is 14.4 Å². The van der Waals surface area contributed by atoms with Crippen molar-refractivity contribution in [3.8, 4) is 0 Å². The maximum absolute atomic E-state index is 12.5. The Kier molecular flexibility index (Phi) is 5.05. The summed E-state index contributed by atoms with van der Waals surface area (Å²) < 4.78 is 0. The van der Waals surface area contributed by atoms with E-state index in [9.17, 15) is 14.4 Å². The van der Waals surface area contributed by atoms with E-state index in [0.29, 0.717) is 24.2 Å². The second kappa shape index (κ2) is 7.62. The fourth-order valence-corrected chi connectivity index (χ4v) is 4.26. The minimum absolute atomic E-state index is 0.00161. The summed E-state index contributed by atoms with van der Waals surface area (Å²) in [6, 6.07) is 8.93. The van der Waals surface area contributed by atoms with Crippen LogP contribution >= 0.6 is 11.3 Å². The Balaban J connectivity index is 1.27. The van der Waals surface area contributed by atoms with Gasteiger partial charge in [-0.1, -0.05) is 12.1 Å². The number of amides is 3. The molecule has 2 aliphatic rings. The van der Waals surface area contributed by atoms with Gasteiger partial charge in [-0.2, -0.15) is 11.3 Å². The van der Waals surface area contributed by atoms with E-state index in [1.54, 1.807) is 35.6 Å². The topological polar surface area (TPSA) is 60.9 Å². The maximum atomic E-state index is 12.5. The number of piperazine rings is 1. The van der Waals surface area contributed by atoms with Crippen molar-refractivity contribution >= 4 is 29.1 Å². The summed E-state index contributed by atoms with van der Waals surface area (Å²) >= 11 is 1.70. The molecule has 1 aromatic carbocycles. The van der Waals surface area contributed by atoms with Crippen LogP contribution in [0.25, 0.3) is 0 Å². The molecule has 0 unspecified atom stereocenters. The predicted molar refractivity (Wildman–Crippen MR) is 103 cm³/mol. The molecule has 4 rings (SSSR count). The Morgan fingerprint density at radius 1 is 0.963 bits per heavy atom. The molecule has 3 amide bonds. The highest BCUT2D eigenvalue weighted by Crippen LogP contribution is 2.22. The van der Waals surface area contributed by atoms with Crippen molar-refractivity contribution in [3.05, 3.63) is 57.8 Å². The van der Waals surface area contributed by atoms with Crippen molar-refractivity contribution in [3.63, 3.8) is 0 Å². The summed E-state index contributed by atoms with van der Waals surface area (Å²) in [7, 11) is 0. The second-order valence-electron chi connectivity index (χ2n) is 6.85. The molecule has 0 spiro atoms. The lowest BCUT2D eigenvalue weighted by molar-refractivity contribution is -0.133. The van der Waals surface area contributed by atoms with Gasteiger partial charge in [0.2, 0.25) is 5.91 Å². The van der Waals surface area contributed by atoms with E-state index in [4.69, 9.17) is 0 Å². The number of imide groups is 1. The Labute approximate surface area is 162 Å². The van der Waals surface area contributed by atoms with Crippen LogP contribution in [0.15, 0.2) is 41.1 Å². The molecule has 140 valence electrons. The molecule has 6 nitrogen and oxygen atoms in total. The molecular weight excluding hydrogens is 362 g/mol. The number of thiophene rings is 1. The standard InChI is InChI=1S/C20H21N3O3S/c24-18(22-10-8-21(9-11-22)13-15-6-12-27-14-15)5-7-23-19(25)16-3-1-2-4-17(16)20(23)26/h1-4,6,12,14H,5,7-11,13H2. The minimum Gasteiger partial charge on any atom is -0.340 e. The van der Waals surface area contributed by atoms with Crippen LogP contribution in [0.4, 0.5) is 0 Å². The first kappa shape index (κ1) is 17.9. The molecule has 0 saturated carbocycles. The Morgan fingerprint density at radius 3 is 2.22 bits per heavy atom. The van der Waals surface area contributed by atoms with Crippen molar-refractivity contribution in [2.24, 2.45) is 0 Å². The normalized spacial score (nSPS) is 17.5. The van der Waals surface area contributed by atoms with E-state index < -0.39 is 0 Å². The Hall–Kier alpha value is -2.51. The highest BCUT2D eigenvalue weighted by molar-refractivity contribution is 7.07. The first-order chi connectivity index (χ1) is 13.1. The van der Waals surface area contributed by atoms with Gasteiger partial charge in [-0.3, -0.25) is 24.2 Å². The first-order valence-electron chi connectivity index (χ1n) is 9.10.